The van der Waals surface area contributed by atoms with Crippen molar-refractivity contribution in [3.05, 3.63) is 59.7 Å². The standard InChI is InChI=1S/C23H29N3O3/c1-29-22-5-3-2-4-20(22)26-14-12-25(13-15-26)16-21(27)18-8-6-17(7-9-18)19-10-11-23(28)24-19/h2-9,19,21,27H,10-16H2,1H3,(H,24,28). The summed E-state index contributed by atoms with van der Waals surface area (Å²) in [5.41, 5.74) is 3.16. The zero-order valence-electron chi connectivity index (χ0n) is 16.9. The van der Waals surface area contributed by atoms with Gasteiger partial charge in [0.05, 0.1) is 24.9 Å². The number of piperazine rings is 1. The molecule has 0 aliphatic carbocycles. The van der Waals surface area contributed by atoms with Gasteiger partial charge in [0.1, 0.15) is 5.75 Å². The number of nitrogens with zero attached hydrogens (tertiary/aromatic N) is 2. The van der Waals surface area contributed by atoms with E-state index in [4.69, 9.17) is 4.74 Å². The second kappa shape index (κ2) is 8.84. The van der Waals surface area contributed by atoms with Gasteiger partial charge in [0, 0.05) is 39.1 Å². The Kier molecular flexibility index (Phi) is 6.02. The molecule has 2 atom stereocenters. The molecule has 0 radical (unpaired) electrons. The molecule has 2 unspecified atom stereocenters. The zero-order valence-corrected chi connectivity index (χ0v) is 16.9. The molecule has 0 spiro atoms. The molecule has 0 saturated carbocycles. The van der Waals surface area contributed by atoms with Crippen molar-refractivity contribution in [2.45, 2.75) is 25.0 Å². The number of amides is 1. The van der Waals surface area contributed by atoms with E-state index >= 15 is 0 Å². The van der Waals surface area contributed by atoms with E-state index in [2.05, 4.69) is 21.2 Å². The van der Waals surface area contributed by atoms with Crippen LogP contribution < -0.4 is 15.0 Å². The lowest BCUT2D eigenvalue weighted by molar-refractivity contribution is -0.119. The summed E-state index contributed by atoms with van der Waals surface area (Å²) in [5.74, 6) is 1.02. The maximum atomic E-state index is 11.4. The third-order valence-electron chi connectivity index (χ3n) is 5.95. The molecule has 2 saturated heterocycles. The van der Waals surface area contributed by atoms with E-state index in [-0.39, 0.29) is 11.9 Å². The second-order valence-electron chi connectivity index (χ2n) is 7.80. The Hall–Kier alpha value is -2.57. The maximum Gasteiger partial charge on any atom is 0.220 e. The van der Waals surface area contributed by atoms with Crippen molar-refractivity contribution in [2.24, 2.45) is 0 Å². The lowest BCUT2D eigenvalue weighted by atomic mass is 10.0. The van der Waals surface area contributed by atoms with E-state index in [0.717, 1.165) is 55.2 Å². The van der Waals surface area contributed by atoms with Crippen LogP contribution in [0.15, 0.2) is 48.5 Å². The predicted octanol–water partition coefficient (Wildman–Crippen LogP) is 2.50. The number of carbonyl (C=O) groups is 1. The Morgan fingerprint density at radius 2 is 1.83 bits per heavy atom. The highest BCUT2D eigenvalue weighted by molar-refractivity contribution is 5.78. The number of para-hydroxylation sites is 2. The number of aliphatic hydroxyl groups is 1. The van der Waals surface area contributed by atoms with Gasteiger partial charge < -0.3 is 20.1 Å². The Bertz CT molecular complexity index is 832. The summed E-state index contributed by atoms with van der Waals surface area (Å²) in [6, 6.07) is 16.2. The first-order chi connectivity index (χ1) is 14.1. The molecule has 6 heteroatoms. The van der Waals surface area contributed by atoms with Crippen LogP contribution in [-0.2, 0) is 4.79 Å². The molecule has 29 heavy (non-hydrogen) atoms. The molecule has 154 valence electrons. The lowest BCUT2D eigenvalue weighted by Gasteiger charge is -2.37. The highest BCUT2D eigenvalue weighted by Gasteiger charge is 2.24. The number of rotatable bonds is 6. The van der Waals surface area contributed by atoms with Crippen LogP contribution >= 0.6 is 0 Å². The highest BCUT2D eigenvalue weighted by Crippen LogP contribution is 2.29. The number of ether oxygens (including phenoxy) is 1. The number of anilines is 1. The number of nitrogens with one attached hydrogen (secondary N) is 1. The summed E-state index contributed by atoms with van der Waals surface area (Å²) >= 11 is 0. The van der Waals surface area contributed by atoms with Gasteiger partial charge in [0.15, 0.2) is 0 Å². The van der Waals surface area contributed by atoms with E-state index in [0.29, 0.717) is 13.0 Å². The van der Waals surface area contributed by atoms with E-state index in [1.165, 1.54) is 0 Å². The highest BCUT2D eigenvalue weighted by atomic mass is 16.5. The Morgan fingerprint density at radius 3 is 2.48 bits per heavy atom. The number of benzene rings is 2. The first-order valence-corrected chi connectivity index (χ1v) is 10.3. The van der Waals surface area contributed by atoms with Crippen LogP contribution in [0, 0.1) is 0 Å². The fourth-order valence-electron chi connectivity index (χ4n) is 4.23. The van der Waals surface area contributed by atoms with Gasteiger partial charge in [-0.3, -0.25) is 9.69 Å². The van der Waals surface area contributed by atoms with Crippen LogP contribution in [0.4, 0.5) is 5.69 Å². The number of carbonyl (C=O) groups excluding carboxylic acids is 1. The van der Waals surface area contributed by atoms with Crippen molar-refractivity contribution in [3.8, 4) is 5.75 Å². The van der Waals surface area contributed by atoms with Gasteiger partial charge in [-0.05, 0) is 29.7 Å². The maximum absolute atomic E-state index is 11.4. The summed E-state index contributed by atoms with van der Waals surface area (Å²) < 4.78 is 5.48. The molecule has 2 N–H and O–H groups in total. The van der Waals surface area contributed by atoms with Gasteiger partial charge in [-0.15, -0.1) is 0 Å². The lowest BCUT2D eigenvalue weighted by Crippen LogP contribution is -2.47. The Balaban J connectivity index is 1.30. The summed E-state index contributed by atoms with van der Waals surface area (Å²) in [6.07, 6.45) is 0.924. The first kappa shape index (κ1) is 19.7. The zero-order chi connectivity index (χ0) is 20.2. The number of β-amino-alcohol motifs (C(OH)–C–C–N with tert-alkyl or cyclic N) is 1. The van der Waals surface area contributed by atoms with Crippen LogP contribution in [0.2, 0.25) is 0 Å². The number of hydrogen-bond donors (Lipinski definition) is 2. The molecule has 1 amide bonds. The Labute approximate surface area is 172 Å². The van der Waals surface area contributed by atoms with Gasteiger partial charge in [0.2, 0.25) is 5.91 Å². The molecule has 6 nitrogen and oxygen atoms in total. The smallest absolute Gasteiger partial charge is 0.220 e. The normalized spacial score (nSPS) is 21.1. The van der Waals surface area contributed by atoms with Crippen molar-refractivity contribution in [3.63, 3.8) is 0 Å². The minimum absolute atomic E-state index is 0.108. The number of hydrogen-bond acceptors (Lipinski definition) is 5. The molecular formula is C23H29N3O3. The fourth-order valence-corrected chi connectivity index (χ4v) is 4.23. The van der Waals surface area contributed by atoms with Crippen LogP contribution in [0.5, 0.6) is 5.75 Å². The molecule has 2 heterocycles. The number of aliphatic hydroxyl groups excluding tert-OH is 1. The van der Waals surface area contributed by atoms with Gasteiger partial charge in [-0.1, -0.05) is 36.4 Å². The molecule has 2 aromatic rings. The minimum Gasteiger partial charge on any atom is -0.495 e. The van der Waals surface area contributed by atoms with Gasteiger partial charge in [-0.2, -0.15) is 0 Å². The SMILES string of the molecule is COc1ccccc1N1CCN(CC(O)c2ccc(C3CCC(=O)N3)cc2)CC1. The third-order valence-corrected chi connectivity index (χ3v) is 5.95. The summed E-state index contributed by atoms with van der Waals surface area (Å²) in [6.45, 7) is 4.25. The van der Waals surface area contributed by atoms with Crippen molar-refractivity contribution in [1.82, 2.24) is 10.2 Å². The predicted molar refractivity (Wildman–Crippen MR) is 113 cm³/mol. The van der Waals surface area contributed by atoms with Crippen LogP contribution in [0.1, 0.15) is 36.1 Å². The summed E-state index contributed by atoms with van der Waals surface area (Å²) in [4.78, 5) is 16.1. The van der Waals surface area contributed by atoms with Gasteiger partial charge in [-0.25, -0.2) is 0 Å². The van der Waals surface area contributed by atoms with E-state index in [1.54, 1.807) is 7.11 Å². The molecule has 2 fully saturated rings. The summed E-state index contributed by atoms with van der Waals surface area (Å²) in [7, 11) is 1.71. The van der Waals surface area contributed by atoms with Crippen LogP contribution in [0.3, 0.4) is 0 Å². The Morgan fingerprint density at radius 1 is 1.10 bits per heavy atom. The van der Waals surface area contributed by atoms with Crippen molar-refractivity contribution in [1.29, 1.82) is 0 Å². The average Bonchev–Trinajstić information content (AvgIpc) is 3.20. The fraction of sp³-hybridized carbons (Fsp3) is 0.435. The van der Waals surface area contributed by atoms with Crippen molar-refractivity contribution < 1.29 is 14.6 Å². The molecule has 0 aromatic heterocycles. The van der Waals surface area contributed by atoms with Gasteiger partial charge >= 0.3 is 0 Å². The first-order valence-electron chi connectivity index (χ1n) is 10.3. The molecule has 2 aromatic carbocycles. The molecular weight excluding hydrogens is 366 g/mol. The van der Waals surface area contributed by atoms with E-state index < -0.39 is 6.10 Å². The molecule has 2 aliphatic rings. The summed E-state index contributed by atoms with van der Waals surface area (Å²) in [5, 5.41) is 13.7. The van der Waals surface area contributed by atoms with E-state index in [1.807, 2.05) is 42.5 Å². The van der Waals surface area contributed by atoms with Crippen LogP contribution in [-0.4, -0.2) is 55.7 Å². The molecule has 0 bridgehead atoms. The van der Waals surface area contributed by atoms with Gasteiger partial charge in [0.25, 0.3) is 0 Å². The third kappa shape index (κ3) is 4.54. The van der Waals surface area contributed by atoms with E-state index in [9.17, 15) is 9.90 Å². The van der Waals surface area contributed by atoms with Crippen molar-refractivity contribution in [2.75, 3.05) is 44.7 Å². The minimum atomic E-state index is -0.514. The largest absolute Gasteiger partial charge is 0.495 e. The number of methoxy groups -OCH3 is 1. The quantitative estimate of drug-likeness (QED) is 0.787. The monoisotopic (exact) mass is 395 g/mol. The molecule has 2 aliphatic heterocycles. The van der Waals surface area contributed by atoms with Crippen molar-refractivity contribution >= 4 is 11.6 Å². The van der Waals surface area contributed by atoms with Crippen LogP contribution in [0.25, 0.3) is 0 Å². The average molecular weight is 396 g/mol. The molecule has 4 rings (SSSR count). The topological polar surface area (TPSA) is 65.0 Å². The second-order valence-corrected chi connectivity index (χ2v) is 7.80.